The van der Waals surface area contributed by atoms with Gasteiger partial charge in [-0.1, -0.05) is 80.9 Å². The summed E-state index contributed by atoms with van der Waals surface area (Å²) in [5.41, 5.74) is 13.7. The normalized spacial score (nSPS) is 18.1. The molecular formula is C40H60N6O6S. The van der Waals surface area contributed by atoms with Crippen molar-refractivity contribution < 1.29 is 27.6 Å². The minimum absolute atomic E-state index is 0.0318. The summed E-state index contributed by atoms with van der Waals surface area (Å²) in [6.07, 6.45) is 3.51. The minimum Gasteiger partial charge on any atom is -0.346 e. The van der Waals surface area contributed by atoms with Gasteiger partial charge in [-0.2, -0.15) is 17.0 Å². The van der Waals surface area contributed by atoms with Crippen molar-refractivity contribution in [1.29, 1.82) is 0 Å². The molecule has 13 heteroatoms. The van der Waals surface area contributed by atoms with Gasteiger partial charge in [0.25, 0.3) is 10.2 Å². The molecule has 0 unspecified atom stereocenters. The third kappa shape index (κ3) is 11.7. The zero-order valence-electron chi connectivity index (χ0n) is 31.9. The van der Waals surface area contributed by atoms with E-state index in [1.165, 1.54) is 22.7 Å². The van der Waals surface area contributed by atoms with Gasteiger partial charge >= 0.3 is 0 Å². The highest BCUT2D eigenvalue weighted by atomic mass is 32.2. The Morgan fingerprint density at radius 1 is 0.849 bits per heavy atom. The molecule has 2 fully saturated rings. The summed E-state index contributed by atoms with van der Waals surface area (Å²) in [5, 5.41) is 3.01. The first-order valence-electron chi connectivity index (χ1n) is 19.0. The van der Waals surface area contributed by atoms with E-state index in [1.807, 2.05) is 74.5 Å². The monoisotopic (exact) mass is 752 g/mol. The molecule has 4 atom stereocenters. The predicted octanol–water partition coefficient (Wildman–Crippen LogP) is 2.95. The number of likely N-dealkylation sites (tertiary alicyclic amines) is 1. The number of nitrogens with two attached hydrogens (primary N) is 2. The van der Waals surface area contributed by atoms with Crippen LogP contribution in [0.4, 0.5) is 0 Å². The zero-order valence-corrected chi connectivity index (χ0v) is 32.7. The Bertz CT molecular complexity index is 1630. The molecule has 2 aliphatic rings. The van der Waals surface area contributed by atoms with E-state index < -0.39 is 34.1 Å². The van der Waals surface area contributed by atoms with Gasteiger partial charge < -0.3 is 21.7 Å². The zero-order chi connectivity index (χ0) is 38.8. The summed E-state index contributed by atoms with van der Waals surface area (Å²) >= 11 is 0. The van der Waals surface area contributed by atoms with E-state index in [2.05, 4.69) is 5.32 Å². The number of carbonyl (C=O) groups excluding carboxylic acids is 4. The maximum absolute atomic E-state index is 14.1. The van der Waals surface area contributed by atoms with Crippen molar-refractivity contribution >= 4 is 33.6 Å². The first-order valence-corrected chi connectivity index (χ1v) is 20.4. The summed E-state index contributed by atoms with van der Waals surface area (Å²) in [7, 11) is -0.511. The number of Topliss-reactive ketones (excluding diaryl/α,β-unsaturated/α-hetero) is 2. The van der Waals surface area contributed by atoms with Crippen LogP contribution in [0, 0.1) is 23.2 Å². The molecule has 292 valence electrons. The SMILES string of the molecule is CC(C)C[C@@H](NC(=O)[C@H](CC(=O)[C@H](N)Cc1ccccc1)Cc1ccccc1)C(=O)C[C@H](CCCCN)C(=O)N1CC2(CCN(S(=O)(=O)N(C)C)C2)C1. The Morgan fingerprint density at radius 2 is 1.43 bits per heavy atom. The van der Waals surface area contributed by atoms with Gasteiger partial charge in [0.15, 0.2) is 11.6 Å². The van der Waals surface area contributed by atoms with Gasteiger partial charge in [-0.05, 0) is 62.1 Å². The van der Waals surface area contributed by atoms with Crippen LogP contribution in [0.15, 0.2) is 60.7 Å². The van der Waals surface area contributed by atoms with Crippen LogP contribution in [0.1, 0.15) is 69.9 Å². The number of amides is 2. The summed E-state index contributed by atoms with van der Waals surface area (Å²) in [5.74, 6) is -2.20. The van der Waals surface area contributed by atoms with Crippen molar-refractivity contribution in [1.82, 2.24) is 18.8 Å². The molecule has 5 N–H and O–H groups in total. The fraction of sp³-hybridized carbons (Fsp3) is 0.600. The first kappa shape index (κ1) is 42.3. The fourth-order valence-corrected chi connectivity index (χ4v) is 8.78. The van der Waals surface area contributed by atoms with Crippen LogP contribution in [0.25, 0.3) is 0 Å². The van der Waals surface area contributed by atoms with Gasteiger partial charge in [-0.15, -0.1) is 0 Å². The molecular weight excluding hydrogens is 693 g/mol. The van der Waals surface area contributed by atoms with E-state index in [0.29, 0.717) is 77.7 Å². The van der Waals surface area contributed by atoms with Crippen LogP contribution in [-0.2, 0) is 42.2 Å². The fourth-order valence-electron chi connectivity index (χ4n) is 7.55. The predicted molar refractivity (Wildman–Crippen MR) is 207 cm³/mol. The Kier molecular flexibility index (Phi) is 15.3. The average Bonchev–Trinajstić information content (AvgIpc) is 3.57. The molecule has 2 aromatic carbocycles. The van der Waals surface area contributed by atoms with E-state index in [4.69, 9.17) is 11.5 Å². The highest BCUT2D eigenvalue weighted by Gasteiger charge is 2.52. The molecule has 2 aliphatic heterocycles. The quantitative estimate of drug-likeness (QED) is 0.163. The molecule has 53 heavy (non-hydrogen) atoms. The molecule has 1 spiro atoms. The van der Waals surface area contributed by atoms with Crippen molar-refractivity contribution in [2.75, 3.05) is 46.8 Å². The summed E-state index contributed by atoms with van der Waals surface area (Å²) in [6.45, 7) is 6.09. The number of benzene rings is 2. The third-order valence-corrected chi connectivity index (χ3v) is 12.5. The second-order valence-corrected chi connectivity index (χ2v) is 17.9. The lowest BCUT2D eigenvalue weighted by molar-refractivity contribution is -0.149. The molecule has 0 aromatic heterocycles. The van der Waals surface area contributed by atoms with Crippen LogP contribution in [0.2, 0.25) is 0 Å². The summed E-state index contributed by atoms with van der Waals surface area (Å²) in [6, 6.07) is 17.4. The molecule has 0 radical (unpaired) electrons. The lowest BCUT2D eigenvalue weighted by Gasteiger charge is -2.49. The molecule has 0 aliphatic carbocycles. The van der Waals surface area contributed by atoms with Gasteiger partial charge in [0, 0.05) is 70.4 Å². The Labute approximate surface area is 316 Å². The lowest BCUT2D eigenvalue weighted by Crippen LogP contribution is -2.61. The Hall–Kier alpha value is -3.49. The molecule has 2 saturated heterocycles. The second-order valence-electron chi connectivity index (χ2n) is 15.8. The van der Waals surface area contributed by atoms with Crippen molar-refractivity contribution in [2.45, 2.75) is 83.7 Å². The van der Waals surface area contributed by atoms with E-state index in [0.717, 1.165) is 11.1 Å². The highest BCUT2D eigenvalue weighted by Crippen LogP contribution is 2.42. The van der Waals surface area contributed by atoms with Crippen LogP contribution >= 0.6 is 0 Å². The molecule has 4 rings (SSSR count). The number of hydrogen-bond donors (Lipinski definition) is 3. The number of carbonyl (C=O) groups is 4. The second kappa shape index (κ2) is 19.2. The van der Waals surface area contributed by atoms with Gasteiger partial charge in [0.2, 0.25) is 11.8 Å². The van der Waals surface area contributed by atoms with Crippen molar-refractivity contribution in [3.8, 4) is 0 Å². The van der Waals surface area contributed by atoms with E-state index in [1.54, 1.807) is 4.90 Å². The van der Waals surface area contributed by atoms with Gasteiger partial charge in [-0.25, -0.2) is 0 Å². The maximum Gasteiger partial charge on any atom is 0.281 e. The number of ketones is 2. The van der Waals surface area contributed by atoms with E-state index in [9.17, 15) is 27.6 Å². The van der Waals surface area contributed by atoms with Crippen molar-refractivity contribution in [2.24, 2.45) is 34.6 Å². The number of nitrogens with zero attached hydrogens (tertiary/aromatic N) is 3. The van der Waals surface area contributed by atoms with Crippen LogP contribution in [-0.4, -0.2) is 104 Å². The topological polar surface area (TPSA) is 176 Å². The largest absolute Gasteiger partial charge is 0.346 e. The van der Waals surface area contributed by atoms with E-state index in [-0.39, 0.29) is 47.6 Å². The van der Waals surface area contributed by atoms with Gasteiger partial charge in [0.05, 0.1) is 12.1 Å². The molecule has 0 saturated carbocycles. The molecule has 2 aromatic rings. The molecule has 12 nitrogen and oxygen atoms in total. The highest BCUT2D eigenvalue weighted by molar-refractivity contribution is 7.86. The van der Waals surface area contributed by atoms with Crippen molar-refractivity contribution in [3.05, 3.63) is 71.8 Å². The minimum atomic E-state index is -3.54. The van der Waals surface area contributed by atoms with Crippen molar-refractivity contribution in [3.63, 3.8) is 0 Å². The Morgan fingerprint density at radius 3 is 2.00 bits per heavy atom. The lowest BCUT2D eigenvalue weighted by atomic mass is 9.77. The van der Waals surface area contributed by atoms with Crippen LogP contribution in [0.5, 0.6) is 0 Å². The molecule has 2 amide bonds. The third-order valence-electron chi connectivity index (χ3n) is 10.6. The van der Waals surface area contributed by atoms with Crippen LogP contribution in [0.3, 0.4) is 0 Å². The molecule has 0 bridgehead atoms. The number of hydrogen-bond acceptors (Lipinski definition) is 8. The van der Waals surface area contributed by atoms with Gasteiger partial charge in [-0.3, -0.25) is 19.2 Å². The van der Waals surface area contributed by atoms with Gasteiger partial charge in [0.1, 0.15) is 0 Å². The molecule has 2 heterocycles. The number of rotatable bonds is 21. The average molecular weight is 753 g/mol. The first-order chi connectivity index (χ1) is 25.1. The summed E-state index contributed by atoms with van der Waals surface area (Å²) in [4.78, 5) is 57.3. The van der Waals surface area contributed by atoms with E-state index >= 15 is 0 Å². The number of nitrogens with one attached hydrogen (secondary N) is 1. The Balaban J connectivity index is 1.45. The maximum atomic E-state index is 14.1. The standard InChI is InChI=1S/C40H60N6O6S/c1-29(2)21-35(43-38(49)33(22-30-13-7-5-8-14-30)25-36(47)34(42)23-31-15-9-6-10-16-31)37(48)24-32(17-11-12-19-41)39(50)45-26-40(27-45)18-20-46(28-40)53(51,52)44(3)4/h5-10,13-16,29,32-35H,11-12,17-28,41-42H2,1-4H3,(H,43,49)/t32-,33-,34+,35+/m0/s1. The number of unbranched alkanes of at least 4 members (excludes halogenated alkanes) is 1. The summed E-state index contributed by atoms with van der Waals surface area (Å²) < 4.78 is 28.1. The smallest absolute Gasteiger partial charge is 0.281 e. The van der Waals surface area contributed by atoms with Crippen LogP contribution < -0.4 is 16.8 Å².